The number of hydrogen-bond acceptors (Lipinski definition) is 4. The number of alkyl halides is 2. The van der Waals surface area contributed by atoms with Crippen LogP contribution in [-0.2, 0) is 16.0 Å². The van der Waals surface area contributed by atoms with E-state index in [1.165, 1.54) is 0 Å². The summed E-state index contributed by atoms with van der Waals surface area (Å²) in [6, 6.07) is 3.47. The fourth-order valence-electron chi connectivity index (χ4n) is 1.88. The number of ether oxygens (including phenoxy) is 1. The van der Waals surface area contributed by atoms with Crippen LogP contribution < -0.4 is 16.4 Å². The minimum Gasteiger partial charge on any atom is -0.397 e. The second-order valence-corrected chi connectivity index (χ2v) is 4.21. The molecular formula is C12H15F2N3O2. The van der Waals surface area contributed by atoms with E-state index in [4.69, 9.17) is 10.5 Å². The summed E-state index contributed by atoms with van der Waals surface area (Å²) in [5, 5.41) is 5.70. The number of amides is 1. The molecule has 1 heterocycles. The van der Waals surface area contributed by atoms with Gasteiger partial charge in [-0.05, 0) is 17.7 Å². The molecule has 0 saturated carbocycles. The summed E-state index contributed by atoms with van der Waals surface area (Å²) >= 11 is 0. The lowest BCUT2D eigenvalue weighted by molar-refractivity contribution is -0.115. The molecule has 2 rings (SSSR count). The number of benzene rings is 1. The van der Waals surface area contributed by atoms with Crippen LogP contribution in [0.5, 0.6) is 0 Å². The molecule has 19 heavy (non-hydrogen) atoms. The van der Waals surface area contributed by atoms with Crippen molar-refractivity contribution in [3.63, 3.8) is 0 Å². The summed E-state index contributed by atoms with van der Waals surface area (Å²) < 4.78 is 28.4. The molecule has 0 atom stereocenters. The Balaban J connectivity index is 1.87. The zero-order valence-electron chi connectivity index (χ0n) is 10.2. The van der Waals surface area contributed by atoms with Crippen LogP contribution in [0.1, 0.15) is 5.56 Å². The monoisotopic (exact) mass is 271 g/mol. The predicted octanol–water partition coefficient (Wildman–Crippen LogP) is 1.46. The van der Waals surface area contributed by atoms with Gasteiger partial charge in [-0.3, -0.25) is 4.79 Å². The molecule has 5 nitrogen and oxygen atoms in total. The van der Waals surface area contributed by atoms with Crippen LogP contribution in [0.15, 0.2) is 12.1 Å². The highest BCUT2D eigenvalue weighted by Gasteiger charge is 2.19. The van der Waals surface area contributed by atoms with Gasteiger partial charge in [0.2, 0.25) is 5.91 Å². The summed E-state index contributed by atoms with van der Waals surface area (Å²) in [6.07, 6.45) is -2.13. The first kappa shape index (κ1) is 13.5. The fraction of sp³-hybridized carbons (Fsp3) is 0.417. The topological polar surface area (TPSA) is 76.4 Å². The van der Waals surface area contributed by atoms with Crippen molar-refractivity contribution in [3.05, 3.63) is 17.7 Å². The summed E-state index contributed by atoms with van der Waals surface area (Å²) in [7, 11) is 0. The van der Waals surface area contributed by atoms with E-state index >= 15 is 0 Å². The molecule has 0 radical (unpaired) electrons. The molecule has 1 aliphatic heterocycles. The van der Waals surface area contributed by atoms with Crippen LogP contribution in [-0.4, -0.2) is 32.1 Å². The maximum atomic E-state index is 11.8. The van der Waals surface area contributed by atoms with E-state index in [1.807, 2.05) is 0 Å². The van der Waals surface area contributed by atoms with Gasteiger partial charge >= 0.3 is 0 Å². The van der Waals surface area contributed by atoms with Crippen LogP contribution in [0, 0.1) is 0 Å². The van der Waals surface area contributed by atoms with E-state index in [-0.39, 0.29) is 12.5 Å². The second kappa shape index (κ2) is 5.83. The highest BCUT2D eigenvalue weighted by molar-refractivity contribution is 6.00. The van der Waals surface area contributed by atoms with Crippen molar-refractivity contribution in [2.45, 2.75) is 12.8 Å². The van der Waals surface area contributed by atoms with Gasteiger partial charge < -0.3 is 21.1 Å². The summed E-state index contributed by atoms with van der Waals surface area (Å²) in [4.78, 5) is 11.2. The van der Waals surface area contributed by atoms with Gasteiger partial charge in [-0.2, -0.15) is 0 Å². The van der Waals surface area contributed by atoms with Crippen molar-refractivity contribution in [3.8, 4) is 0 Å². The molecule has 4 N–H and O–H groups in total. The zero-order chi connectivity index (χ0) is 13.8. The lowest BCUT2D eigenvalue weighted by atomic mass is 10.1. The average Bonchev–Trinajstić information content (AvgIpc) is 2.67. The number of anilines is 3. The molecule has 1 aromatic rings. The highest BCUT2D eigenvalue weighted by Crippen LogP contribution is 2.31. The highest BCUT2D eigenvalue weighted by atomic mass is 19.3. The zero-order valence-corrected chi connectivity index (χ0v) is 10.2. The number of nitrogens with one attached hydrogen (secondary N) is 2. The van der Waals surface area contributed by atoms with E-state index in [2.05, 4.69) is 10.6 Å². The Hall–Kier alpha value is -1.89. The molecule has 1 aromatic carbocycles. The average molecular weight is 271 g/mol. The second-order valence-electron chi connectivity index (χ2n) is 4.21. The Morgan fingerprint density at radius 1 is 1.47 bits per heavy atom. The van der Waals surface area contributed by atoms with Crippen LogP contribution in [0.25, 0.3) is 0 Å². The minimum absolute atomic E-state index is 0.0631. The molecule has 0 fully saturated rings. The summed E-state index contributed by atoms with van der Waals surface area (Å²) in [6.45, 7) is -0.0473. The quantitative estimate of drug-likeness (QED) is 0.541. The first-order valence-electron chi connectivity index (χ1n) is 5.88. The van der Waals surface area contributed by atoms with Crippen LogP contribution in [0.3, 0.4) is 0 Å². The van der Waals surface area contributed by atoms with Gasteiger partial charge in [-0.1, -0.05) is 0 Å². The first-order valence-corrected chi connectivity index (χ1v) is 5.88. The third kappa shape index (κ3) is 3.54. The van der Waals surface area contributed by atoms with E-state index in [0.717, 1.165) is 11.3 Å². The molecule has 7 heteroatoms. The number of nitrogens with two attached hydrogens (primary N) is 1. The third-order valence-electron chi connectivity index (χ3n) is 2.71. The van der Waals surface area contributed by atoms with Crippen molar-refractivity contribution >= 4 is 23.0 Å². The molecular weight excluding hydrogens is 256 g/mol. The number of hydrogen-bond donors (Lipinski definition) is 3. The number of carbonyl (C=O) groups is 1. The standard InChI is InChI=1S/C12H15F2N3O2/c13-11(14)6-19-2-1-16-10-5-9-7(3-8(10)15)4-12(18)17-9/h3,5,11,16H,1-2,4,6,15H2,(H,17,18). The van der Waals surface area contributed by atoms with E-state index < -0.39 is 13.0 Å². The molecule has 1 aliphatic rings. The van der Waals surface area contributed by atoms with Crippen molar-refractivity contribution < 1.29 is 18.3 Å². The minimum atomic E-state index is -2.46. The molecule has 0 aromatic heterocycles. The predicted molar refractivity (Wildman–Crippen MR) is 68.5 cm³/mol. The number of nitrogen functional groups attached to an aromatic ring is 1. The molecule has 0 spiro atoms. The van der Waals surface area contributed by atoms with Gasteiger partial charge in [0, 0.05) is 12.2 Å². The smallest absolute Gasteiger partial charge is 0.261 e. The normalized spacial score (nSPS) is 13.5. The Labute approximate surface area is 109 Å². The van der Waals surface area contributed by atoms with Gasteiger partial charge in [0.1, 0.15) is 6.61 Å². The van der Waals surface area contributed by atoms with Crippen molar-refractivity contribution in [1.82, 2.24) is 0 Å². The molecule has 0 unspecified atom stereocenters. The van der Waals surface area contributed by atoms with Crippen molar-refractivity contribution in [1.29, 1.82) is 0 Å². The van der Waals surface area contributed by atoms with Crippen molar-refractivity contribution in [2.75, 3.05) is 36.1 Å². The van der Waals surface area contributed by atoms with E-state index in [9.17, 15) is 13.6 Å². The first-order chi connectivity index (χ1) is 9.06. The van der Waals surface area contributed by atoms with Gasteiger partial charge in [0.15, 0.2) is 0 Å². The van der Waals surface area contributed by atoms with Crippen LogP contribution >= 0.6 is 0 Å². The molecule has 0 saturated heterocycles. The lowest BCUT2D eigenvalue weighted by Gasteiger charge is -2.11. The summed E-state index contributed by atoms with van der Waals surface area (Å²) in [5.41, 5.74) is 8.61. The Bertz CT molecular complexity index is 480. The molecule has 0 bridgehead atoms. The summed E-state index contributed by atoms with van der Waals surface area (Å²) in [5.74, 6) is -0.0631. The maximum absolute atomic E-state index is 11.8. The largest absolute Gasteiger partial charge is 0.397 e. The van der Waals surface area contributed by atoms with Gasteiger partial charge in [-0.15, -0.1) is 0 Å². The number of carbonyl (C=O) groups excluding carboxylic acids is 1. The third-order valence-corrected chi connectivity index (χ3v) is 2.71. The van der Waals surface area contributed by atoms with Crippen LogP contribution in [0.2, 0.25) is 0 Å². The Morgan fingerprint density at radius 2 is 2.26 bits per heavy atom. The van der Waals surface area contributed by atoms with Crippen LogP contribution in [0.4, 0.5) is 25.8 Å². The van der Waals surface area contributed by atoms with Gasteiger partial charge in [0.05, 0.1) is 24.4 Å². The maximum Gasteiger partial charge on any atom is 0.261 e. The Morgan fingerprint density at radius 3 is 3.00 bits per heavy atom. The Kier molecular flexibility index (Phi) is 4.16. The van der Waals surface area contributed by atoms with Gasteiger partial charge in [0.25, 0.3) is 6.43 Å². The SMILES string of the molecule is Nc1cc2c(cc1NCCOCC(F)F)NC(=O)C2. The number of fused-ring (bicyclic) bond motifs is 1. The van der Waals surface area contributed by atoms with Crippen molar-refractivity contribution in [2.24, 2.45) is 0 Å². The van der Waals surface area contributed by atoms with E-state index in [1.54, 1.807) is 12.1 Å². The molecule has 1 amide bonds. The fourth-order valence-corrected chi connectivity index (χ4v) is 1.88. The van der Waals surface area contributed by atoms with E-state index in [0.29, 0.717) is 24.3 Å². The number of rotatable bonds is 6. The van der Waals surface area contributed by atoms with Gasteiger partial charge in [-0.25, -0.2) is 8.78 Å². The number of halogens is 2. The molecule has 0 aliphatic carbocycles. The lowest BCUT2D eigenvalue weighted by Crippen LogP contribution is -2.14. The molecule has 104 valence electrons.